The highest BCUT2D eigenvalue weighted by atomic mass is 79.9. The molecule has 0 aromatic heterocycles. The molecule has 0 aliphatic heterocycles. The minimum atomic E-state index is -0.910. The van der Waals surface area contributed by atoms with Crippen molar-refractivity contribution in [2.45, 2.75) is 62.8 Å². The van der Waals surface area contributed by atoms with Crippen molar-refractivity contribution in [1.82, 2.24) is 10.6 Å². The summed E-state index contributed by atoms with van der Waals surface area (Å²) >= 11 is 3.49. The van der Waals surface area contributed by atoms with Gasteiger partial charge in [0.05, 0.1) is 0 Å². The summed E-state index contributed by atoms with van der Waals surface area (Å²) in [5.74, 6) is 1.46. The quantitative estimate of drug-likeness (QED) is 0.542. The SMILES string of the molecule is O=C(O)NC1CCC(N[C@@H]2C[C@H]2c2ccc(OCc3cccc(Br)c3)cc2)CC1. The second-order valence-corrected chi connectivity index (χ2v) is 9.02. The lowest BCUT2D eigenvalue weighted by Crippen LogP contribution is -2.42. The Balaban J connectivity index is 1.21. The van der Waals surface area contributed by atoms with Crippen LogP contribution < -0.4 is 15.4 Å². The van der Waals surface area contributed by atoms with Gasteiger partial charge in [0.15, 0.2) is 0 Å². The molecule has 2 aliphatic rings. The summed E-state index contributed by atoms with van der Waals surface area (Å²) in [6.07, 6.45) is 4.18. The van der Waals surface area contributed by atoms with Crippen LogP contribution in [0.25, 0.3) is 0 Å². The largest absolute Gasteiger partial charge is 0.489 e. The maximum absolute atomic E-state index is 10.7. The van der Waals surface area contributed by atoms with Crippen LogP contribution in [-0.4, -0.2) is 29.3 Å². The maximum atomic E-state index is 10.7. The molecule has 29 heavy (non-hydrogen) atoms. The molecule has 0 heterocycles. The van der Waals surface area contributed by atoms with Crippen molar-refractivity contribution in [3.8, 4) is 5.75 Å². The van der Waals surface area contributed by atoms with Gasteiger partial charge < -0.3 is 20.5 Å². The molecule has 2 fully saturated rings. The standard InChI is InChI=1S/C23H27BrN2O3/c24-17-3-1-2-15(12-17)14-29-20-10-4-16(5-11-20)21-13-22(21)25-18-6-8-19(9-7-18)26-23(27)28/h1-5,10-12,18-19,21-22,25-26H,6-9,13-14H2,(H,27,28)/t18?,19?,21-,22+/m0/s1. The summed E-state index contributed by atoms with van der Waals surface area (Å²) in [6, 6.07) is 17.8. The highest BCUT2D eigenvalue weighted by molar-refractivity contribution is 9.10. The van der Waals surface area contributed by atoms with Gasteiger partial charge in [-0.25, -0.2) is 4.79 Å². The van der Waals surface area contributed by atoms with E-state index in [0.717, 1.165) is 41.5 Å². The molecule has 2 atom stereocenters. The van der Waals surface area contributed by atoms with Gasteiger partial charge in [-0.3, -0.25) is 0 Å². The fourth-order valence-corrected chi connectivity index (χ4v) is 4.68. The van der Waals surface area contributed by atoms with E-state index in [1.807, 2.05) is 12.1 Å². The molecule has 154 valence electrons. The highest BCUT2D eigenvalue weighted by Gasteiger charge is 2.39. The van der Waals surface area contributed by atoms with Gasteiger partial charge in [-0.05, 0) is 67.5 Å². The second-order valence-electron chi connectivity index (χ2n) is 8.10. The summed E-state index contributed by atoms with van der Waals surface area (Å²) in [7, 11) is 0. The Labute approximate surface area is 180 Å². The van der Waals surface area contributed by atoms with Gasteiger partial charge in [0.2, 0.25) is 0 Å². The van der Waals surface area contributed by atoms with Gasteiger partial charge in [-0.1, -0.05) is 40.2 Å². The van der Waals surface area contributed by atoms with Crippen LogP contribution in [0, 0.1) is 0 Å². The van der Waals surface area contributed by atoms with Crippen molar-refractivity contribution in [3.05, 3.63) is 64.1 Å². The third-order valence-electron chi connectivity index (χ3n) is 5.90. The molecule has 0 unspecified atom stereocenters. The van der Waals surface area contributed by atoms with E-state index in [4.69, 9.17) is 9.84 Å². The lowest BCUT2D eigenvalue weighted by Gasteiger charge is -2.29. The van der Waals surface area contributed by atoms with Crippen molar-refractivity contribution in [2.24, 2.45) is 0 Å². The van der Waals surface area contributed by atoms with Crippen LogP contribution in [0.1, 0.15) is 49.1 Å². The van der Waals surface area contributed by atoms with E-state index in [0.29, 0.717) is 24.6 Å². The molecule has 3 N–H and O–H groups in total. The molecule has 0 spiro atoms. The van der Waals surface area contributed by atoms with E-state index >= 15 is 0 Å². The van der Waals surface area contributed by atoms with E-state index in [1.54, 1.807) is 0 Å². The van der Waals surface area contributed by atoms with Crippen LogP contribution in [0.4, 0.5) is 4.79 Å². The maximum Gasteiger partial charge on any atom is 0.404 e. The van der Waals surface area contributed by atoms with Crippen LogP contribution in [0.3, 0.4) is 0 Å². The summed E-state index contributed by atoms with van der Waals surface area (Å²) < 4.78 is 6.97. The molecule has 6 heteroatoms. The van der Waals surface area contributed by atoms with E-state index in [-0.39, 0.29) is 6.04 Å². The third kappa shape index (κ3) is 5.73. The number of halogens is 1. The molecule has 2 aromatic rings. The van der Waals surface area contributed by atoms with Crippen LogP contribution >= 0.6 is 15.9 Å². The number of nitrogens with one attached hydrogen (secondary N) is 2. The fraction of sp³-hybridized carbons (Fsp3) is 0.435. The van der Waals surface area contributed by atoms with Crippen LogP contribution in [-0.2, 0) is 6.61 Å². The first-order valence-electron chi connectivity index (χ1n) is 10.3. The number of ether oxygens (including phenoxy) is 1. The van der Waals surface area contributed by atoms with Gasteiger partial charge in [0, 0.05) is 28.5 Å². The van der Waals surface area contributed by atoms with Crippen LogP contribution in [0.15, 0.2) is 53.0 Å². The molecule has 5 nitrogen and oxygen atoms in total. The Bertz CT molecular complexity index is 834. The normalized spacial score (nSPS) is 26.0. The molecular weight excluding hydrogens is 432 g/mol. The van der Waals surface area contributed by atoms with E-state index < -0.39 is 6.09 Å². The average Bonchev–Trinajstić information content (AvgIpc) is 3.47. The zero-order chi connectivity index (χ0) is 20.2. The Kier molecular flexibility index (Phi) is 6.40. The smallest absolute Gasteiger partial charge is 0.404 e. The predicted molar refractivity (Wildman–Crippen MR) is 116 cm³/mol. The van der Waals surface area contributed by atoms with Gasteiger partial charge in [0.1, 0.15) is 12.4 Å². The minimum Gasteiger partial charge on any atom is -0.489 e. The molecule has 4 rings (SSSR count). The summed E-state index contributed by atoms with van der Waals surface area (Å²) in [5.41, 5.74) is 2.50. The second kappa shape index (κ2) is 9.18. The van der Waals surface area contributed by atoms with Gasteiger partial charge >= 0.3 is 6.09 Å². The number of amides is 1. The van der Waals surface area contributed by atoms with Crippen LogP contribution in [0.5, 0.6) is 5.75 Å². The Morgan fingerprint density at radius 1 is 1.07 bits per heavy atom. The van der Waals surface area contributed by atoms with Gasteiger partial charge in [0.25, 0.3) is 0 Å². The zero-order valence-corrected chi connectivity index (χ0v) is 17.9. The molecule has 1 amide bonds. The van der Waals surface area contributed by atoms with Crippen molar-refractivity contribution < 1.29 is 14.6 Å². The average molecular weight is 459 g/mol. The Hall–Kier alpha value is -2.05. The van der Waals surface area contributed by atoms with Crippen molar-refractivity contribution in [1.29, 1.82) is 0 Å². The highest BCUT2D eigenvalue weighted by Crippen LogP contribution is 2.42. The number of benzene rings is 2. The molecule has 2 aliphatic carbocycles. The van der Waals surface area contributed by atoms with Gasteiger partial charge in [-0.15, -0.1) is 0 Å². The summed E-state index contributed by atoms with van der Waals surface area (Å²) in [6.45, 7) is 0.561. The summed E-state index contributed by atoms with van der Waals surface area (Å²) in [5, 5.41) is 15.2. The summed E-state index contributed by atoms with van der Waals surface area (Å²) in [4.78, 5) is 10.7. The number of carbonyl (C=O) groups is 1. The van der Waals surface area contributed by atoms with E-state index in [1.165, 1.54) is 12.0 Å². The molecule has 0 radical (unpaired) electrons. The number of carboxylic acid groups (broad SMARTS) is 1. The topological polar surface area (TPSA) is 70.6 Å². The molecule has 2 aromatic carbocycles. The van der Waals surface area contributed by atoms with E-state index in [2.05, 4.69) is 63.0 Å². The van der Waals surface area contributed by atoms with Crippen molar-refractivity contribution in [3.63, 3.8) is 0 Å². The molecule has 0 saturated heterocycles. The number of hydrogen-bond donors (Lipinski definition) is 3. The molecule has 0 bridgehead atoms. The first-order valence-corrected chi connectivity index (χ1v) is 11.1. The molecular formula is C23H27BrN2O3. The van der Waals surface area contributed by atoms with Crippen molar-refractivity contribution >= 4 is 22.0 Å². The van der Waals surface area contributed by atoms with E-state index in [9.17, 15) is 4.79 Å². The monoisotopic (exact) mass is 458 g/mol. The lowest BCUT2D eigenvalue weighted by molar-refractivity contribution is 0.183. The Morgan fingerprint density at radius 2 is 1.79 bits per heavy atom. The molecule has 2 saturated carbocycles. The van der Waals surface area contributed by atoms with Crippen molar-refractivity contribution in [2.75, 3.05) is 0 Å². The number of hydrogen-bond acceptors (Lipinski definition) is 3. The number of rotatable bonds is 7. The zero-order valence-electron chi connectivity index (χ0n) is 16.3. The first kappa shape index (κ1) is 20.2. The Morgan fingerprint density at radius 3 is 2.48 bits per heavy atom. The van der Waals surface area contributed by atoms with Crippen LogP contribution in [0.2, 0.25) is 0 Å². The minimum absolute atomic E-state index is 0.116. The van der Waals surface area contributed by atoms with Gasteiger partial charge in [-0.2, -0.15) is 0 Å². The third-order valence-corrected chi connectivity index (χ3v) is 6.39. The fourth-order valence-electron chi connectivity index (χ4n) is 4.23. The lowest BCUT2D eigenvalue weighted by atomic mass is 9.91. The predicted octanol–water partition coefficient (Wildman–Crippen LogP) is 5.05. The first-order chi connectivity index (χ1) is 14.1.